The van der Waals surface area contributed by atoms with E-state index in [9.17, 15) is 0 Å². The van der Waals surface area contributed by atoms with Gasteiger partial charge in [0.25, 0.3) is 0 Å². The number of fused-ring (bicyclic) bond motifs is 1. The Morgan fingerprint density at radius 1 is 1.40 bits per heavy atom. The van der Waals surface area contributed by atoms with Crippen molar-refractivity contribution in [2.24, 2.45) is 5.92 Å². The third kappa shape index (κ3) is 2.67. The van der Waals surface area contributed by atoms with Crippen LogP contribution < -0.4 is 19.5 Å². The highest BCUT2D eigenvalue weighted by atomic mass is 35.5. The van der Waals surface area contributed by atoms with Gasteiger partial charge in [-0.15, -0.1) is 0 Å². The molecule has 2 aliphatic rings. The molecule has 1 N–H and O–H groups in total. The van der Waals surface area contributed by atoms with Crippen LogP contribution in [-0.2, 0) is 6.42 Å². The van der Waals surface area contributed by atoms with Crippen molar-refractivity contribution in [3.63, 3.8) is 0 Å². The zero-order valence-corrected chi connectivity index (χ0v) is 12.5. The van der Waals surface area contributed by atoms with E-state index >= 15 is 0 Å². The second-order valence-corrected chi connectivity index (χ2v) is 5.69. The zero-order chi connectivity index (χ0) is 13.9. The molecule has 1 saturated heterocycles. The Bertz CT molecular complexity index is 486. The zero-order valence-electron chi connectivity index (χ0n) is 11.7. The third-order valence-corrected chi connectivity index (χ3v) is 4.35. The first-order valence-corrected chi connectivity index (χ1v) is 7.53. The van der Waals surface area contributed by atoms with E-state index in [0.29, 0.717) is 29.9 Å². The summed E-state index contributed by atoms with van der Waals surface area (Å²) in [7, 11) is 1.63. The largest absolute Gasteiger partial charge is 0.495 e. The Morgan fingerprint density at radius 2 is 2.25 bits per heavy atom. The molecule has 3 rings (SSSR count). The van der Waals surface area contributed by atoms with Crippen LogP contribution in [0, 0.1) is 5.92 Å². The Balaban J connectivity index is 1.93. The van der Waals surface area contributed by atoms with E-state index in [-0.39, 0.29) is 0 Å². The summed E-state index contributed by atoms with van der Waals surface area (Å²) in [6.45, 7) is 3.29. The van der Waals surface area contributed by atoms with Gasteiger partial charge in [-0.1, -0.05) is 11.6 Å². The number of nitrogens with one attached hydrogen (secondary N) is 1. The van der Waals surface area contributed by atoms with E-state index in [4.69, 9.17) is 25.8 Å². The van der Waals surface area contributed by atoms with E-state index < -0.39 is 0 Å². The standard InChI is InChI=1S/C15H20ClNO3/c1-18-12-8-13-15(20-6-5-19-13)11(14(12)16)7-10-3-2-4-17-9-10/h8,10,17H,2-7,9H2,1H3. The molecule has 20 heavy (non-hydrogen) atoms. The minimum absolute atomic E-state index is 0.572. The molecule has 0 aliphatic carbocycles. The molecule has 0 radical (unpaired) electrons. The molecular formula is C15H20ClNO3. The van der Waals surface area contributed by atoms with Crippen molar-refractivity contribution >= 4 is 11.6 Å². The molecule has 0 amide bonds. The highest BCUT2D eigenvalue weighted by molar-refractivity contribution is 6.33. The Kier molecular flexibility index (Phi) is 4.22. The normalized spacial score (nSPS) is 21.6. The summed E-state index contributed by atoms with van der Waals surface area (Å²) < 4.78 is 16.8. The number of hydrogen-bond acceptors (Lipinski definition) is 4. The first-order valence-electron chi connectivity index (χ1n) is 7.15. The Labute approximate surface area is 124 Å². The van der Waals surface area contributed by atoms with Crippen LogP contribution in [0.15, 0.2) is 6.07 Å². The lowest BCUT2D eigenvalue weighted by Crippen LogP contribution is -2.31. The maximum absolute atomic E-state index is 6.48. The van der Waals surface area contributed by atoms with E-state index in [2.05, 4.69) is 5.32 Å². The topological polar surface area (TPSA) is 39.7 Å². The van der Waals surface area contributed by atoms with Crippen molar-refractivity contribution in [1.82, 2.24) is 5.32 Å². The van der Waals surface area contributed by atoms with E-state index in [1.807, 2.05) is 6.07 Å². The molecule has 0 aromatic heterocycles. The molecule has 0 spiro atoms. The lowest BCUT2D eigenvalue weighted by Gasteiger charge is -2.27. The van der Waals surface area contributed by atoms with Crippen molar-refractivity contribution in [1.29, 1.82) is 0 Å². The van der Waals surface area contributed by atoms with Gasteiger partial charge in [0, 0.05) is 11.6 Å². The molecule has 1 aromatic carbocycles. The number of benzene rings is 1. The van der Waals surface area contributed by atoms with Crippen LogP contribution in [0.3, 0.4) is 0 Å². The van der Waals surface area contributed by atoms with Gasteiger partial charge >= 0.3 is 0 Å². The van der Waals surface area contributed by atoms with E-state index in [0.717, 1.165) is 36.6 Å². The van der Waals surface area contributed by atoms with Crippen molar-refractivity contribution in [2.45, 2.75) is 19.3 Å². The number of piperidine rings is 1. The molecule has 1 fully saturated rings. The molecule has 1 atom stereocenters. The molecular weight excluding hydrogens is 278 g/mol. The highest BCUT2D eigenvalue weighted by Gasteiger charge is 2.25. The molecule has 4 nitrogen and oxygen atoms in total. The number of ether oxygens (including phenoxy) is 3. The molecule has 1 aromatic rings. The summed E-state index contributed by atoms with van der Waals surface area (Å²) >= 11 is 6.48. The van der Waals surface area contributed by atoms with Gasteiger partial charge in [-0.05, 0) is 38.3 Å². The predicted octanol–water partition coefficient (Wildman–Crippen LogP) is 2.66. The fourth-order valence-corrected chi connectivity index (χ4v) is 3.22. The van der Waals surface area contributed by atoms with Crippen LogP contribution in [0.2, 0.25) is 5.02 Å². The van der Waals surface area contributed by atoms with Gasteiger partial charge < -0.3 is 19.5 Å². The molecule has 5 heteroatoms. The minimum Gasteiger partial charge on any atom is -0.495 e. The number of halogens is 1. The average Bonchev–Trinajstić information content (AvgIpc) is 2.51. The maximum atomic E-state index is 6.48. The van der Waals surface area contributed by atoms with Crippen molar-refractivity contribution < 1.29 is 14.2 Å². The van der Waals surface area contributed by atoms with Gasteiger partial charge in [0.05, 0.1) is 12.1 Å². The third-order valence-electron chi connectivity index (χ3n) is 3.94. The molecule has 0 saturated carbocycles. The van der Waals surface area contributed by atoms with Crippen LogP contribution in [0.25, 0.3) is 0 Å². The first kappa shape index (κ1) is 13.8. The van der Waals surface area contributed by atoms with Crippen LogP contribution in [-0.4, -0.2) is 33.4 Å². The van der Waals surface area contributed by atoms with Gasteiger partial charge in [0.15, 0.2) is 11.5 Å². The fraction of sp³-hybridized carbons (Fsp3) is 0.600. The van der Waals surface area contributed by atoms with Gasteiger partial charge in [-0.2, -0.15) is 0 Å². The summed E-state index contributed by atoms with van der Waals surface area (Å²) in [5, 5.41) is 4.09. The number of rotatable bonds is 3. The van der Waals surface area contributed by atoms with Gasteiger partial charge in [-0.3, -0.25) is 0 Å². The Hall–Kier alpha value is -1.13. The second kappa shape index (κ2) is 6.10. The molecule has 0 bridgehead atoms. The number of methoxy groups -OCH3 is 1. The second-order valence-electron chi connectivity index (χ2n) is 5.31. The average molecular weight is 298 g/mol. The quantitative estimate of drug-likeness (QED) is 0.931. The van der Waals surface area contributed by atoms with Crippen LogP contribution >= 0.6 is 11.6 Å². The molecule has 2 aliphatic heterocycles. The summed E-state index contributed by atoms with van der Waals surface area (Å²) in [6.07, 6.45) is 3.33. The fourth-order valence-electron chi connectivity index (χ4n) is 2.92. The first-order chi connectivity index (χ1) is 9.79. The summed E-state index contributed by atoms with van der Waals surface area (Å²) in [5.74, 6) is 2.79. The van der Waals surface area contributed by atoms with Crippen molar-refractivity contribution in [3.8, 4) is 17.2 Å². The SMILES string of the molecule is COc1cc2c(c(CC3CCCNC3)c1Cl)OCCO2. The Morgan fingerprint density at radius 3 is 3.00 bits per heavy atom. The maximum Gasteiger partial charge on any atom is 0.166 e. The van der Waals surface area contributed by atoms with E-state index in [1.165, 1.54) is 12.8 Å². The van der Waals surface area contributed by atoms with Crippen LogP contribution in [0.4, 0.5) is 0 Å². The van der Waals surface area contributed by atoms with Crippen LogP contribution in [0.5, 0.6) is 17.2 Å². The number of hydrogen-bond donors (Lipinski definition) is 1. The summed E-state index contributed by atoms with van der Waals surface area (Å²) in [6, 6.07) is 1.82. The molecule has 110 valence electrons. The molecule has 1 unspecified atom stereocenters. The molecule has 2 heterocycles. The smallest absolute Gasteiger partial charge is 0.166 e. The predicted molar refractivity (Wildman–Crippen MR) is 78.3 cm³/mol. The lowest BCUT2D eigenvalue weighted by molar-refractivity contribution is 0.168. The van der Waals surface area contributed by atoms with Crippen molar-refractivity contribution in [3.05, 3.63) is 16.7 Å². The van der Waals surface area contributed by atoms with Gasteiger partial charge in [0.1, 0.15) is 19.0 Å². The van der Waals surface area contributed by atoms with Crippen LogP contribution in [0.1, 0.15) is 18.4 Å². The lowest BCUT2D eigenvalue weighted by atomic mass is 9.91. The minimum atomic E-state index is 0.572. The summed E-state index contributed by atoms with van der Waals surface area (Å²) in [4.78, 5) is 0. The monoisotopic (exact) mass is 297 g/mol. The van der Waals surface area contributed by atoms with E-state index in [1.54, 1.807) is 7.11 Å². The van der Waals surface area contributed by atoms with Crippen molar-refractivity contribution in [2.75, 3.05) is 33.4 Å². The summed E-state index contributed by atoms with van der Waals surface area (Å²) in [5.41, 5.74) is 1.02. The highest BCUT2D eigenvalue weighted by Crippen LogP contribution is 2.45. The van der Waals surface area contributed by atoms with Gasteiger partial charge in [-0.25, -0.2) is 0 Å². The van der Waals surface area contributed by atoms with Gasteiger partial charge in [0.2, 0.25) is 0 Å².